The second kappa shape index (κ2) is 58.6. The van der Waals surface area contributed by atoms with E-state index < -0.39 is 45.1 Å². The van der Waals surface area contributed by atoms with Gasteiger partial charge in [0.05, 0.1) is 19.8 Å². The molecule has 0 saturated heterocycles. The van der Waals surface area contributed by atoms with Gasteiger partial charge in [0.2, 0.25) is 0 Å². The topological polar surface area (TPSA) is 155 Å². The molecule has 0 aromatic rings. The van der Waals surface area contributed by atoms with Crippen LogP contribution >= 0.6 is 7.82 Å². The van der Waals surface area contributed by atoms with E-state index in [1.54, 1.807) is 0 Å². The lowest BCUT2D eigenvalue weighted by atomic mass is 10.0. The van der Waals surface area contributed by atoms with Gasteiger partial charge in [-0.15, -0.1) is 0 Å². The third-order valence-electron chi connectivity index (χ3n) is 14.9. The molecule has 1 unspecified atom stereocenters. The van der Waals surface area contributed by atoms with E-state index in [1.165, 1.54) is 289 Å². The Morgan fingerprint density at radius 2 is 0.630 bits per heavy atom. The van der Waals surface area contributed by atoms with Crippen molar-refractivity contribution in [3.05, 3.63) is 0 Å². The third kappa shape index (κ3) is 58.5. The minimum absolute atomic E-state index is 0.0268. The molecule has 0 aliphatic heterocycles. The summed E-state index contributed by atoms with van der Waals surface area (Å²) in [5.41, 5.74) is 5.40. The normalized spacial score (nSPS) is 13.4. The van der Waals surface area contributed by atoms with Crippen LogP contribution in [0.5, 0.6) is 0 Å². The Morgan fingerprint density at radius 1 is 0.384 bits per heavy atom. The van der Waals surface area contributed by atoms with Crippen molar-refractivity contribution in [1.82, 2.24) is 0 Å². The third-order valence-corrected chi connectivity index (χ3v) is 15.8. The first kappa shape index (κ1) is 72.0. The highest BCUT2D eigenvalue weighted by atomic mass is 31.2. The maximum Gasteiger partial charge on any atom is 0.472 e. The van der Waals surface area contributed by atoms with E-state index >= 15 is 0 Å². The van der Waals surface area contributed by atoms with Crippen LogP contribution in [0.25, 0.3) is 0 Å². The van der Waals surface area contributed by atoms with Crippen LogP contribution in [0.4, 0.5) is 0 Å². The molecule has 0 radical (unpaired) electrons. The molecule has 0 rings (SSSR count). The van der Waals surface area contributed by atoms with Crippen LogP contribution in [-0.2, 0) is 32.7 Å². The van der Waals surface area contributed by atoms with Crippen molar-refractivity contribution in [1.29, 1.82) is 0 Å². The highest BCUT2D eigenvalue weighted by Crippen LogP contribution is 2.43. The van der Waals surface area contributed by atoms with Gasteiger partial charge < -0.3 is 25.2 Å². The predicted octanol–water partition coefficient (Wildman–Crippen LogP) is 19.8. The van der Waals surface area contributed by atoms with E-state index in [1.807, 2.05) is 0 Å². The Kier molecular flexibility index (Phi) is 57.8. The molecule has 0 aliphatic rings. The number of phosphoric ester groups is 1. The Morgan fingerprint density at radius 3 is 0.904 bits per heavy atom. The average molecular weight is 1060 g/mol. The molecule has 10 nitrogen and oxygen atoms in total. The van der Waals surface area contributed by atoms with Crippen LogP contribution in [0.3, 0.4) is 0 Å². The molecule has 0 amide bonds. The second-order valence-electron chi connectivity index (χ2n) is 22.3. The first-order chi connectivity index (χ1) is 35.7. The minimum atomic E-state index is -4.62. The van der Waals surface area contributed by atoms with Crippen LogP contribution in [0, 0.1) is 0 Å². The quantitative estimate of drug-likeness (QED) is 0.0305. The predicted molar refractivity (Wildman–Crippen MR) is 309 cm³/mol. The lowest BCUT2D eigenvalue weighted by Gasteiger charge is -2.20. The molecule has 4 N–H and O–H groups in total. The molecule has 0 fully saturated rings. The van der Waals surface area contributed by atoms with Gasteiger partial charge in [-0.05, 0) is 12.8 Å². The number of rotatable bonds is 63. The molecule has 0 aromatic carbocycles. The summed E-state index contributed by atoms with van der Waals surface area (Å²) < 4.78 is 33.7. The molecule has 73 heavy (non-hydrogen) atoms. The lowest BCUT2D eigenvalue weighted by Crippen LogP contribution is -2.34. The number of ether oxygens (including phenoxy) is 2. The van der Waals surface area contributed by atoms with Crippen LogP contribution < -0.4 is 5.73 Å². The number of hydrogen-bond acceptors (Lipinski definition) is 8. The number of carboxylic acid groups (broad SMARTS) is 1. The van der Waals surface area contributed by atoms with E-state index in [9.17, 15) is 19.0 Å². The Labute approximate surface area is 452 Å². The van der Waals surface area contributed by atoms with Crippen molar-refractivity contribution in [3.8, 4) is 0 Å². The van der Waals surface area contributed by atoms with Crippen LogP contribution in [0.15, 0.2) is 0 Å². The van der Waals surface area contributed by atoms with Gasteiger partial charge in [-0.1, -0.05) is 328 Å². The molecule has 0 aromatic heterocycles. The van der Waals surface area contributed by atoms with Gasteiger partial charge in [-0.3, -0.25) is 18.6 Å². The number of unbranched alkanes of at least 4 members (excludes halogenated alkanes) is 49. The van der Waals surface area contributed by atoms with Gasteiger partial charge in [0.1, 0.15) is 12.1 Å². The summed E-state index contributed by atoms with van der Waals surface area (Å²) in [5, 5.41) is 8.96. The summed E-state index contributed by atoms with van der Waals surface area (Å²) in [6.07, 6.45) is 67.8. The molecule has 0 aliphatic carbocycles. The van der Waals surface area contributed by atoms with Crippen LogP contribution in [0.1, 0.15) is 348 Å². The van der Waals surface area contributed by atoms with Gasteiger partial charge in [0, 0.05) is 13.0 Å². The molecule has 0 bridgehead atoms. The average Bonchev–Trinajstić information content (AvgIpc) is 3.37. The van der Waals surface area contributed by atoms with E-state index in [0.29, 0.717) is 6.61 Å². The maximum atomic E-state index is 12.8. The number of nitrogens with two attached hydrogens (primary N) is 1. The fraction of sp³-hybridized carbons (Fsp3) is 0.968. The number of carbonyl (C=O) groups is 2. The summed E-state index contributed by atoms with van der Waals surface area (Å²) in [5.74, 6) is -1.76. The van der Waals surface area contributed by atoms with Gasteiger partial charge in [0.15, 0.2) is 0 Å². The molecule has 0 heterocycles. The van der Waals surface area contributed by atoms with Crippen LogP contribution in [-0.4, -0.2) is 60.5 Å². The summed E-state index contributed by atoms with van der Waals surface area (Å²) in [6, 6.07) is -1.47. The van der Waals surface area contributed by atoms with Gasteiger partial charge in [-0.2, -0.15) is 0 Å². The Bertz CT molecular complexity index is 1180. The zero-order valence-electron chi connectivity index (χ0n) is 48.5. The van der Waals surface area contributed by atoms with Crippen molar-refractivity contribution in [2.24, 2.45) is 5.73 Å². The van der Waals surface area contributed by atoms with E-state index in [4.69, 9.17) is 29.4 Å². The fourth-order valence-electron chi connectivity index (χ4n) is 9.96. The Hall–Kier alpha value is -1.03. The molecule has 0 saturated carbocycles. The maximum absolute atomic E-state index is 12.8. The molecule has 436 valence electrons. The van der Waals surface area contributed by atoms with Crippen molar-refractivity contribution in [2.45, 2.75) is 360 Å². The summed E-state index contributed by atoms with van der Waals surface area (Å²) in [6.45, 7) is 3.98. The highest BCUT2D eigenvalue weighted by molar-refractivity contribution is 7.47. The summed E-state index contributed by atoms with van der Waals surface area (Å²) in [4.78, 5) is 33.8. The number of carbonyl (C=O) groups excluding carboxylic acids is 1. The van der Waals surface area contributed by atoms with Gasteiger partial charge in [0.25, 0.3) is 0 Å². The number of esters is 1. The standard InChI is InChI=1S/C62H124NO9P/c1-3-5-7-9-11-13-15-17-19-21-23-24-25-26-27-28-29-30-31-32-33-34-35-36-37-38-40-42-44-46-48-50-52-54-61(64)72-59(57-70-73(67,68)71-58-60(63)62(65)66)56-69-55-53-51-49-47-45-43-41-39-22-20-18-16-14-12-10-8-6-4-2/h59-60H,3-58,63H2,1-2H3,(H,65,66)(H,67,68)/t59-,60+/m1/s1. The number of aliphatic carboxylic acids is 1. The smallest absolute Gasteiger partial charge is 0.472 e. The molecule has 3 atom stereocenters. The SMILES string of the molecule is CCCCCCCCCCCCCCCCCCCCCCCCCCCCCCCCCCCC(=O)O[C@H](COCCCCCCCCCCCCCCCCCCCC)COP(=O)(O)OC[C@H](N)C(=O)O. The van der Waals surface area contributed by atoms with E-state index in [0.717, 1.165) is 38.5 Å². The molecular formula is C62H124NO9P. The van der Waals surface area contributed by atoms with Gasteiger partial charge in [-0.25, -0.2) is 4.57 Å². The first-order valence-electron chi connectivity index (χ1n) is 32.1. The fourth-order valence-corrected chi connectivity index (χ4v) is 10.7. The van der Waals surface area contributed by atoms with E-state index in [2.05, 4.69) is 13.8 Å². The highest BCUT2D eigenvalue weighted by Gasteiger charge is 2.27. The molecule has 0 spiro atoms. The lowest BCUT2D eigenvalue weighted by molar-refractivity contribution is -0.154. The number of hydrogen-bond donors (Lipinski definition) is 3. The second-order valence-corrected chi connectivity index (χ2v) is 23.7. The van der Waals surface area contributed by atoms with E-state index in [-0.39, 0.29) is 13.0 Å². The molecule has 11 heteroatoms. The minimum Gasteiger partial charge on any atom is -0.480 e. The van der Waals surface area contributed by atoms with Crippen molar-refractivity contribution in [3.63, 3.8) is 0 Å². The monoisotopic (exact) mass is 1060 g/mol. The molecular weight excluding hydrogens is 934 g/mol. The zero-order chi connectivity index (χ0) is 53.2. The Balaban J connectivity index is 3.87. The first-order valence-corrected chi connectivity index (χ1v) is 33.6. The van der Waals surface area contributed by atoms with Crippen molar-refractivity contribution >= 4 is 19.8 Å². The summed E-state index contributed by atoms with van der Waals surface area (Å²) >= 11 is 0. The largest absolute Gasteiger partial charge is 0.480 e. The van der Waals surface area contributed by atoms with Crippen molar-refractivity contribution < 1.29 is 42.7 Å². The number of carboxylic acids is 1. The van der Waals surface area contributed by atoms with Gasteiger partial charge >= 0.3 is 19.8 Å². The number of phosphoric acid groups is 1. The zero-order valence-corrected chi connectivity index (χ0v) is 49.4. The van der Waals surface area contributed by atoms with Crippen LogP contribution in [0.2, 0.25) is 0 Å². The summed E-state index contributed by atoms with van der Waals surface area (Å²) in [7, 11) is -4.62. The van der Waals surface area contributed by atoms with Crippen molar-refractivity contribution in [2.75, 3.05) is 26.4 Å².